The van der Waals surface area contributed by atoms with Crippen molar-refractivity contribution in [3.05, 3.63) is 35.9 Å². The summed E-state index contributed by atoms with van der Waals surface area (Å²) in [4.78, 5) is 10.5. The molecule has 0 fully saturated rings. The fraction of sp³-hybridized carbons (Fsp3) is 0.720. The summed E-state index contributed by atoms with van der Waals surface area (Å²) in [5.41, 5.74) is 1.24. The van der Waals surface area contributed by atoms with Gasteiger partial charge in [-0.1, -0.05) is 95.0 Å². The van der Waals surface area contributed by atoms with Gasteiger partial charge in [0.1, 0.15) is 0 Å². The van der Waals surface area contributed by atoms with Gasteiger partial charge in [0.2, 0.25) is 0 Å². The maximum Gasteiger partial charge on any atom is 0.303 e. The quantitative estimate of drug-likeness (QED) is 0.257. The van der Waals surface area contributed by atoms with Crippen LogP contribution in [-0.4, -0.2) is 28.4 Å². The van der Waals surface area contributed by atoms with Gasteiger partial charge in [-0.05, 0) is 31.2 Å². The number of benzene rings is 1. The zero-order chi connectivity index (χ0) is 21.2. The Balaban J connectivity index is 2.15. The third-order valence-electron chi connectivity index (χ3n) is 5.46. The molecule has 0 amide bonds. The summed E-state index contributed by atoms with van der Waals surface area (Å²) in [6.45, 7) is 2.95. The van der Waals surface area contributed by atoms with E-state index in [1.54, 1.807) is 0 Å². The first-order valence-corrected chi connectivity index (χ1v) is 11.7. The molecule has 1 aromatic carbocycles. The monoisotopic (exact) mass is 406 g/mol. The Morgan fingerprint density at radius 2 is 1.45 bits per heavy atom. The van der Waals surface area contributed by atoms with Gasteiger partial charge in [-0.15, -0.1) is 0 Å². The van der Waals surface area contributed by atoms with Crippen molar-refractivity contribution in [2.45, 2.75) is 116 Å². The molecule has 0 saturated carbocycles. The topological polar surface area (TPSA) is 66.8 Å². The Hall–Kier alpha value is -1.39. The molecule has 4 nitrogen and oxygen atoms in total. The van der Waals surface area contributed by atoms with Crippen LogP contribution in [0.4, 0.5) is 0 Å². The van der Waals surface area contributed by atoms with Crippen LogP contribution in [0.2, 0.25) is 0 Å². The van der Waals surface area contributed by atoms with Crippen LogP contribution < -0.4 is 0 Å². The van der Waals surface area contributed by atoms with Crippen LogP contribution >= 0.6 is 0 Å². The van der Waals surface area contributed by atoms with Crippen molar-refractivity contribution < 1.29 is 19.7 Å². The lowest BCUT2D eigenvalue weighted by molar-refractivity contribution is -0.137. The number of aliphatic hydroxyl groups excluding tert-OH is 1. The molecule has 29 heavy (non-hydrogen) atoms. The van der Waals surface area contributed by atoms with Crippen LogP contribution in [0.15, 0.2) is 30.3 Å². The van der Waals surface area contributed by atoms with E-state index in [1.807, 2.05) is 6.07 Å². The Morgan fingerprint density at radius 1 is 0.862 bits per heavy atom. The van der Waals surface area contributed by atoms with E-state index in [0.29, 0.717) is 25.6 Å². The predicted molar refractivity (Wildman–Crippen MR) is 119 cm³/mol. The van der Waals surface area contributed by atoms with E-state index in [4.69, 9.17) is 9.84 Å². The van der Waals surface area contributed by atoms with Crippen LogP contribution in [0.3, 0.4) is 0 Å². The van der Waals surface area contributed by atoms with Gasteiger partial charge in [0, 0.05) is 6.42 Å². The van der Waals surface area contributed by atoms with Gasteiger partial charge in [0.25, 0.3) is 0 Å². The summed E-state index contributed by atoms with van der Waals surface area (Å²) in [5, 5.41) is 18.4. The minimum Gasteiger partial charge on any atom is -0.481 e. The first-order chi connectivity index (χ1) is 14.1. The fourth-order valence-corrected chi connectivity index (χ4v) is 3.61. The van der Waals surface area contributed by atoms with Gasteiger partial charge in [-0.2, -0.15) is 0 Å². The van der Waals surface area contributed by atoms with E-state index in [2.05, 4.69) is 31.2 Å². The highest BCUT2D eigenvalue weighted by molar-refractivity contribution is 5.66. The summed E-state index contributed by atoms with van der Waals surface area (Å²) in [7, 11) is 0. The molecular weight excluding hydrogens is 364 g/mol. The number of carboxylic acid groups (broad SMARTS) is 1. The Morgan fingerprint density at radius 3 is 2.07 bits per heavy atom. The van der Waals surface area contributed by atoms with Crippen molar-refractivity contribution in [1.29, 1.82) is 0 Å². The first-order valence-electron chi connectivity index (χ1n) is 11.7. The Labute approximate surface area is 177 Å². The van der Waals surface area contributed by atoms with Crippen LogP contribution in [0.25, 0.3) is 0 Å². The molecule has 0 aromatic heterocycles. The zero-order valence-corrected chi connectivity index (χ0v) is 18.4. The molecular formula is C25H42O4. The summed E-state index contributed by atoms with van der Waals surface area (Å²) >= 11 is 0. The number of aliphatic hydroxyl groups is 1. The highest BCUT2D eigenvalue weighted by Gasteiger charge is 2.10. The maximum absolute atomic E-state index is 10.5. The number of aliphatic carboxylic acids is 1. The van der Waals surface area contributed by atoms with E-state index in [1.165, 1.54) is 50.5 Å². The Bertz CT molecular complexity index is 503. The molecule has 2 unspecified atom stereocenters. The summed E-state index contributed by atoms with van der Waals surface area (Å²) in [6.07, 6.45) is 14.1. The van der Waals surface area contributed by atoms with Crippen molar-refractivity contribution in [2.75, 3.05) is 0 Å². The molecule has 2 N–H and O–H groups in total. The lowest BCUT2D eigenvalue weighted by atomic mass is 10.0. The average Bonchev–Trinajstić information content (AvgIpc) is 2.72. The third-order valence-corrected chi connectivity index (χ3v) is 5.46. The fourth-order valence-electron chi connectivity index (χ4n) is 3.61. The Kier molecular flexibility index (Phi) is 15.4. The second-order valence-electron chi connectivity index (χ2n) is 8.20. The van der Waals surface area contributed by atoms with E-state index in [9.17, 15) is 9.90 Å². The molecule has 0 radical (unpaired) electrons. The number of ether oxygens (including phenoxy) is 1. The highest BCUT2D eigenvalue weighted by atomic mass is 16.5. The average molecular weight is 407 g/mol. The highest BCUT2D eigenvalue weighted by Crippen LogP contribution is 2.18. The third kappa shape index (κ3) is 15.2. The van der Waals surface area contributed by atoms with Gasteiger partial charge in [-0.25, -0.2) is 0 Å². The number of unbranched alkanes of at least 4 members (excludes halogenated alkanes) is 7. The lowest BCUT2D eigenvalue weighted by Gasteiger charge is -2.18. The number of carbonyl (C=O) groups is 1. The number of hydrogen-bond acceptors (Lipinski definition) is 3. The summed E-state index contributed by atoms with van der Waals surface area (Å²) in [5.74, 6) is -0.831. The van der Waals surface area contributed by atoms with Crippen LogP contribution in [0.1, 0.15) is 102 Å². The second-order valence-corrected chi connectivity index (χ2v) is 8.20. The molecule has 0 spiro atoms. The van der Waals surface area contributed by atoms with Crippen molar-refractivity contribution in [2.24, 2.45) is 0 Å². The van der Waals surface area contributed by atoms with Gasteiger partial charge in [0.15, 0.2) is 0 Å². The minimum atomic E-state index is -0.831. The lowest BCUT2D eigenvalue weighted by Crippen LogP contribution is -2.13. The van der Waals surface area contributed by atoms with Gasteiger partial charge in [-0.3, -0.25) is 4.79 Å². The molecule has 4 heteroatoms. The van der Waals surface area contributed by atoms with Crippen molar-refractivity contribution in [3.8, 4) is 0 Å². The van der Waals surface area contributed by atoms with Gasteiger partial charge < -0.3 is 14.9 Å². The molecule has 0 bridgehead atoms. The molecule has 166 valence electrons. The number of hydrogen-bond donors (Lipinski definition) is 2. The van der Waals surface area contributed by atoms with Crippen LogP contribution in [-0.2, 0) is 16.1 Å². The molecule has 0 aliphatic carbocycles. The molecule has 0 saturated heterocycles. The van der Waals surface area contributed by atoms with Crippen molar-refractivity contribution in [1.82, 2.24) is 0 Å². The van der Waals surface area contributed by atoms with E-state index >= 15 is 0 Å². The smallest absolute Gasteiger partial charge is 0.303 e. The number of carboxylic acids is 1. The molecule has 1 rings (SSSR count). The van der Waals surface area contributed by atoms with Gasteiger partial charge >= 0.3 is 5.97 Å². The first kappa shape index (κ1) is 25.6. The van der Waals surface area contributed by atoms with Gasteiger partial charge in [0.05, 0.1) is 18.8 Å². The minimum absolute atomic E-state index is 0.0593. The van der Waals surface area contributed by atoms with Crippen LogP contribution in [0.5, 0.6) is 0 Å². The summed E-state index contributed by atoms with van der Waals surface area (Å²) in [6, 6.07) is 10.4. The maximum atomic E-state index is 10.5. The van der Waals surface area contributed by atoms with E-state index < -0.39 is 12.1 Å². The number of rotatable bonds is 19. The van der Waals surface area contributed by atoms with E-state index in [-0.39, 0.29) is 6.42 Å². The standard InChI is InChI=1S/C25H42O4/c1-2-3-4-12-17-24(29-21-22-14-9-8-10-15-22)18-13-7-5-6-11-16-23(26)19-20-25(27)28/h8-10,14-15,23-24,26H,2-7,11-13,16-21H2,1H3,(H,27,28). The molecule has 2 atom stereocenters. The largest absolute Gasteiger partial charge is 0.481 e. The molecule has 0 aliphatic rings. The van der Waals surface area contributed by atoms with Crippen LogP contribution in [0, 0.1) is 0 Å². The second kappa shape index (κ2) is 17.5. The summed E-state index contributed by atoms with van der Waals surface area (Å²) < 4.78 is 6.23. The normalized spacial score (nSPS) is 13.3. The zero-order valence-electron chi connectivity index (χ0n) is 18.4. The van der Waals surface area contributed by atoms with Crippen molar-refractivity contribution >= 4 is 5.97 Å². The molecule has 1 aromatic rings. The SMILES string of the molecule is CCCCCCC(CCCCCCCC(O)CCC(=O)O)OCc1ccccc1. The van der Waals surface area contributed by atoms with Crippen molar-refractivity contribution in [3.63, 3.8) is 0 Å². The molecule has 0 heterocycles. The van der Waals surface area contributed by atoms with E-state index in [0.717, 1.165) is 25.7 Å². The predicted octanol–water partition coefficient (Wildman–Crippen LogP) is 6.50. The molecule has 0 aliphatic heterocycles.